The van der Waals surface area contributed by atoms with E-state index in [1.54, 1.807) is 12.3 Å². The highest BCUT2D eigenvalue weighted by molar-refractivity contribution is 5.98. The van der Waals surface area contributed by atoms with E-state index >= 15 is 0 Å². The number of benzene rings is 2. The summed E-state index contributed by atoms with van der Waals surface area (Å²) < 4.78 is 13.7. The summed E-state index contributed by atoms with van der Waals surface area (Å²) in [5, 5.41) is 4.77. The Morgan fingerprint density at radius 2 is 2.00 bits per heavy atom. The molecule has 4 aromatic rings. The predicted octanol–water partition coefficient (Wildman–Crippen LogP) is 3.76. The molecule has 2 aromatic heterocycles. The third-order valence-corrected chi connectivity index (χ3v) is 4.20. The molecule has 4 rings (SSSR count). The molecule has 0 fully saturated rings. The maximum atomic E-state index is 13.7. The van der Waals surface area contributed by atoms with Gasteiger partial charge in [-0.1, -0.05) is 30.3 Å². The second-order valence-electron chi connectivity index (χ2n) is 5.75. The van der Waals surface area contributed by atoms with E-state index in [2.05, 4.69) is 15.3 Å². The Morgan fingerprint density at radius 1 is 1.12 bits per heavy atom. The summed E-state index contributed by atoms with van der Waals surface area (Å²) in [7, 11) is 0. The quantitative estimate of drug-likeness (QED) is 0.526. The minimum Gasteiger partial charge on any atom is -0.359 e. The standard InChI is InChI=1S/C19H16FN3O/c20-15-6-3-5-14-13(11-22-18(14)15)8-9-21-19(24)17-10-12-4-1-2-7-16(12)23-17/h1-7,10-11,22-23H,8-9H2,(H,21,24). The maximum Gasteiger partial charge on any atom is 0.267 e. The number of hydrogen-bond acceptors (Lipinski definition) is 1. The van der Waals surface area contributed by atoms with E-state index in [-0.39, 0.29) is 11.7 Å². The van der Waals surface area contributed by atoms with Crippen LogP contribution in [0.1, 0.15) is 16.1 Å². The van der Waals surface area contributed by atoms with E-state index < -0.39 is 0 Å². The van der Waals surface area contributed by atoms with Crippen LogP contribution >= 0.6 is 0 Å². The van der Waals surface area contributed by atoms with Gasteiger partial charge in [0.05, 0.1) is 5.52 Å². The molecule has 3 N–H and O–H groups in total. The van der Waals surface area contributed by atoms with E-state index in [0.717, 1.165) is 21.9 Å². The van der Waals surface area contributed by atoms with E-state index in [1.807, 2.05) is 36.4 Å². The Balaban J connectivity index is 1.44. The lowest BCUT2D eigenvalue weighted by atomic mass is 10.1. The number of H-pyrrole nitrogens is 2. The zero-order valence-electron chi connectivity index (χ0n) is 12.9. The fraction of sp³-hybridized carbons (Fsp3) is 0.105. The lowest BCUT2D eigenvalue weighted by Gasteiger charge is -2.03. The fourth-order valence-corrected chi connectivity index (χ4v) is 2.98. The van der Waals surface area contributed by atoms with Crippen LogP contribution in [0.25, 0.3) is 21.8 Å². The van der Waals surface area contributed by atoms with Crippen LogP contribution in [0.4, 0.5) is 4.39 Å². The molecule has 0 bridgehead atoms. The Kier molecular flexibility index (Phi) is 3.54. The minimum atomic E-state index is -0.263. The van der Waals surface area contributed by atoms with Gasteiger partial charge < -0.3 is 15.3 Å². The van der Waals surface area contributed by atoms with Crippen LogP contribution in [-0.2, 0) is 6.42 Å². The molecule has 2 heterocycles. The van der Waals surface area contributed by atoms with Crippen molar-refractivity contribution in [2.75, 3.05) is 6.54 Å². The van der Waals surface area contributed by atoms with Gasteiger partial charge in [-0.15, -0.1) is 0 Å². The van der Waals surface area contributed by atoms with E-state index in [1.165, 1.54) is 6.07 Å². The van der Waals surface area contributed by atoms with E-state index in [4.69, 9.17) is 0 Å². The molecule has 0 spiro atoms. The van der Waals surface area contributed by atoms with Crippen molar-refractivity contribution in [2.24, 2.45) is 0 Å². The number of fused-ring (bicyclic) bond motifs is 2. The zero-order chi connectivity index (χ0) is 16.5. The summed E-state index contributed by atoms with van der Waals surface area (Å²) in [5.41, 5.74) is 2.98. The molecule has 0 radical (unpaired) electrons. The lowest BCUT2D eigenvalue weighted by molar-refractivity contribution is 0.0950. The molecular weight excluding hydrogens is 305 g/mol. The lowest BCUT2D eigenvalue weighted by Crippen LogP contribution is -2.25. The SMILES string of the molecule is O=C(NCCc1c[nH]c2c(F)cccc12)c1cc2ccccc2[nH]1. The highest BCUT2D eigenvalue weighted by Crippen LogP contribution is 2.21. The van der Waals surface area contributed by atoms with Gasteiger partial charge in [-0.2, -0.15) is 0 Å². The topological polar surface area (TPSA) is 60.7 Å². The van der Waals surface area contributed by atoms with Crippen molar-refractivity contribution < 1.29 is 9.18 Å². The van der Waals surface area contributed by atoms with Gasteiger partial charge in [0.25, 0.3) is 5.91 Å². The van der Waals surface area contributed by atoms with Crippen LogP contribution < -0.4 is 5.32 Å². The van der Waals surface area contributed by atoms with Gasteiger partial charge in [0.15, 0.2) is 0 Å². The maximum absolute atomic E-state index is 13.7. The van der Waals surface area contributed by atoms with Crippen molar-refractivity contribution in [3.8, 4) is 0 Å². The first kappa shape index (κ1) is 14.5. The van der Waals surface area contributed by atoms with Crippen LogP contribution in [0, 0.1) is 5.82 Å². The first-order valence-corrected chi connectivity index (χ1v) is 7.83. The molecule has 2 aromatic carbocycles. The number of amides is 1. The van der Waals surface area contributed by atoms with Gasteiger partial charge in [-0.05, 0) is 30.2 Å². The molecule has 120 valence electrons. The van der Waals surface area contributed by atoms with Crippen LogP contribution in [0.15, 0.2) is 54.7 Å². The molecule has 0 atom stereocenters. The third kappa shape index (κ3) is 2.54. The number of aromatic nitrogens is 2. The second-order valence-corrected chi connectivity index (χ2v) is 5.75. The molecule has 4 nitrogen and oxygen atoms in total. The summed E-state index contributed by atoms with van der Waals surface area (Å²) >= 11 is 0. The Labute approximate surface area is 137 Å². The van der Waals surface area contributed by atoms with Crippen LogP contribution in [-0.4, -0.2) is 22.4 Å². The summed E-state index contributed by atoms with van der Waals surface area (Å²) in [6.07, 6.45) is 2.43. The molecule has 0 aliphatic heterocycles. The Morgan fingerprint density at radius 3 is 2.88 bits per heavy atom. The van der Waals surface area contributed by atoms with Gasteiger partial charge in [-0.3, -0.25) is 4.79 Å². The van der Waals surface area contributed by atoms with Crippen LogP contribution in [0.3, 0.4) is 0 Å². The summed E-state index contributed by atoms with van der Waals surface area (Å²) in [6, 6.07) is 14.6. The zero-order valence-corrected chi connectivity index (χ0v) is 12.9. The highest BCUT2D eigenvalue weighted by Gasteiger charge is 2.10. The number of halogens is 1. The highest BCUT2D eigenvalue weighted by atomic mass is 19.1. The van der Waals surface area contributed by atoms with Crippen molar-refractivity contribution >= 4 is 27.7 Å². The van der Waals surface area contributed by atoms with Gasteiger partial charge in [0, 0.05) is 29.0 Å². The van der Waals surface area contributed by atoms with Crippen LogP contribution in [0.5, 0.6) is 0 Å². The molecule has 1 amide bonds. The fourth-order valence-electron chi connectivity index (χ4n) is 2.98. The van der Waals surface area contributed by atoms with Crippen molar-refractivity contribution in [1.29, 1.82) is 0 Å². The Bertz CT molecular complexity index is 998. The molecule has 0 aliphatic rings. The molecule has 5 heteroatoms. The minimum absolute atomic E-state index is 0.141. The number of hydrogen-bond donors (Lipinski definition) is 3. The first-order chi connectivity index (χ1) is 11.7. The molecule has 0 saturated heterocycles. The van der Waals surface area contributed by atoms with Crippen molar-refractivity contribution in [3.05, 3.63) is 71.8 Å². The van der Waals surface area contributed by atoms with Crippen LogP contribution in [0.2, 0.25) is 0 Å². The van der Waals surface area contributed by atoms with Gasteiger partial charge in [-0.25, -0.2) is 4.39 Å². The number of aromatic amines is 2. The average Bonchev–Trinajstić information content (AvgIpc) is 3.20. The number of rotatable bonds is 4. The largest absolute Gasteiger partial charge is 0.359 e. The average molecular weight is 321 g/mol. The number of para-hydroxylation sites is 2. The summed E-state index contributed by atoms with van der Waals surface area (Å²) in [6.45, 7) is 0.484. The second kappa shape index (κ2) is 5.85. The van der Waals surface area contributed by atoms with Crippen molar-refractivity contribution in [1.82, 2.24) is 15.3 Å². The van der Waals surface area contributed by atoms with Crippen molar-refractivity contribution in [3.63, 3.8) is 0 Å². The first-order valence-electron chi connectivity index (χ1n) is 7.83. The van der Waals surface area contributed by atoms with Crippen molar-refractivity contribution in [2.45, 2.75) is 6.42 Å². The summed E-state index contributed by atoms with van der Waals surface area (Å²) in [5.74, 6) is -0.405. The number of nitrogens with one attached hydrogen (secondary N) is 3. The monoisotopic (exact) mass is 321 g/mol. The Hall–Kier alpha value is -3.08. The molecule has 24 heavy (non-hydrogen) atoms. The molecule has 0 unspecified atom stereocenters. The third-order valence-electron chi connectivity index (χ3n) is 4.20. The molecule has 0 saturated carbocycles. The van der Waals surface area contributed by atoms with E-state index in [0.29, 0.717) is 24.2 Å². The normalized spacial score (nSPS) is 11.2. The predicted molar refractivity (Wildman–Crippen MR) is 92.6 cm³/mol. The van der Waals surface area contributed by atoms with Gasteiger partial charge in [0.2, 0.25) is 0 Å². The van der Waals surface area contributed by atoms with E-state index in [9.17, 15) is 9.18 Å². The molecule has 0 aliphatic carbocycles. The number of carbonyl (C=O) groups excluding carboxylic acids is 1. The molecular formula is C19H16FN3O. The number of carbonyl (C=O) groups is 1. The van der Waals surface area contributed by atoms with Gasteiger partial charge in [0.1, 0.15) is 11.5 Å². The van der Waals surface area contributed by atoms with Gasteiger partial charge >= 0.3 is 0 Å². The summed E-state index contributed by atoms with van der Waals surface area (Å²) in [4.78, 5) is 18.3. The smallest absolute Gasteiger partial charge is 0.267 e.